The number of hydrogen-bond acceptors (Lipinski definition) is 2. The van der Waals surface area contributed by atoms with Gasteiger partial charge in [0.1, 0.15) is 5.82 Å². The summed E-state index contributed by atoms with van der Waals surface area (Å²) in [5, 5.41) is 9.03. The van der Waals surface area contributed by atoms with Crippen molar-refractivity contribution in [2.45, 2.75) is 24.8 Å². The van der Waals surface area contributed by atoms with Gasteiger partial charge in [0.25, 0.3) is 0 Å². The van der Waals surface area contributed by atoms with E-state index < -0.39 is 23.7 Å². The predicted molar refractivity (Wildman–Crippen MR) is 53.1 cm³/mol. The second kappa shape index (κ2) is 3.62. The molecule has 0 spiro atoms. The third-order valence-corrected chi connectivity index (χ3v) is 2.90. The Hall–Kier alpha value is -1.42. The minimum atomic E-state index is -1.05. The van der Waals surface area contributed by atoms with Crippen LogP contribution in [0.15, 0.2) is 18.2 Å². The Morgan fingerprint density at radius 1 is 1.53 bits per heavy atom. The van der Waals surface area contributed by atoms with Crippen LogP contribution in [0.1, 0.15) is 23.5 Å². The molecule has 2 unspecified atom stereocenters. The molecule has 1 aromatic carbocycles. The zero-order valence-corrected chi connectivity index (χ0v) is 8.11. The largest absolute Gasteiger partial charge is 0.481 e. The highest BCUT2D eigenvalue weighted by Gasteiger charge is 2.34. The molecule has 0 aliphatic heterocycles. The van der Waals surface area contributed by atoms with Crippen molar-refractivity contribution in [2.24, 2.45) is 5.73 Å². The normalized spacial score (nSPS) is 24.7. The summed E-state index contributed by atoms with van der Waals surface area (Å²) in [6, 6.07) is 4.16. The van der Waals surface area contributed by atoms with Gasteiger partial charge in [-0.1, -0.05) is 12.1 Å². The van der Waals surface area contributed by atoms with Crippen molar-refractivity contribution in [1.29, 1.82) is 0 Å². The van der Waals surface area contributed by atoms with Crippen LogP contribution in [0, 0.1) is 5.82 Å². The minimum Gasteiger partial charge on any atom is -0.481 e. The van der Waals surface area contributed by atoms with Crippen LogP contribution in [0.5, 0.6) is 0 Å². The molecule has 0 bridgehead atoms. The SMILES string of the molecule is NC1CCc2cccc(F)c2C1C(=O)O. The van der Waals surface area contributed by atoms with E-state index in [-0.39, 0.29) is 5.56 Å². The van der Waals surface area contributed by atoms with Crippen molar-refractivity contribution in [2.75, 3.05) is 0 Å². The molecule has 80 valence electrons. The number of benzene rings is 1. The maximum Gasteiger partial charge on any atom is 0.312 e. The Kier molecular flexibility index (Phi) is 2.44. The highest BCUT2D eigenvalue weighted by Crippen LogP contribution is 2.32. The van der Waals surface area contributed by atoms with E-state index >= 15 is 0 Å². The predicted octanol–water partition coefficient (Wildman–Crippen LogP) is 1.27. The summed E-state index contributed by atoms with van der Waals surface area (Å²) in [7, 11) is 0. The zero-order chi connectivity index (χ0) is 11.0. The van der Waals surface area contributed by atoms with Crippen molar-refractivity contribution in [3.8, 4) is 0 Å². The summed E-state index contributed by atoms with van der Waals surface area (Å²) in [5.41, 5.74) is 6.75. The van der Waals surface area contributed by atoms with Crippen LogP contribution in [0.2, 0.25) is 0 Å². The molecule has 1 aliphatic rings. The number of aryl methyl sites for hydroxylation is 1. The molecule has 1 aliphatic carbocycles. The number of carbonyl (C=O) groups is 1. The van der Waals surface area contributed by atoms with Crippen LogP contribution >= 0.6 is 0 Å². The van der Waals surface area contributed by atoms with E-state index in [1.807, 2.05) is 0 Å². The lowest BCUT2D eigenvalue weighted by Crippen LogP contribution is -2.38. The fourth-order valence-corrected chi connectivity index (χ4v) is 2.16. The van der Waals surface area contributed by atoms with Gasteiger partial charge >= 0.3 is 5.97 Å². The first kappa shape index (κ1) is 10.1. The maximum atomic E-state index is 13.5. The van der Waals surface area contributed by atoms with Crippen molar-refractivity contribution >= 4 is 5.97 Å². The van der Waals surface area contributed by atoms with Gasteiger partial charge in [0, 0.05) is 11.6 Å². The van der Waals surface area contributed by atoms with E-state index in [1.165, 1.54) is 6.07 Å². The molecule has 0 radical (unpaired) electrons. The van der Waals surface area contributed by atoms with Crippen molar-refractivity contribution in [3.05, 3.63) is 35.1 Å². The summed E-state index contributed by atoms with van der Waals surface area (Å²) < 4.78 is 13.5. The molecule has 0 fully saturated rings. The molecule has 0 saturated heterocycles. The van der Waals surface area contributed by atoms with Crippen LogP contribution < -0.4 is 5.73 Å². The molecule has 0 aromatic heterocycles. The van der Waals surface area contributed by atoms with Gasteiger partial charge < -0.3 is 10.8 Å². The van der Waals surface area contributed by atoms with E-state index in [0.29, 0.717) is 12.8 Å². The first-order chi connectivity index (χ1) is 7.11. The lowest BCUT2D eigenvalue weighted by Gasteiger charge is -2.28. The zero-order valence-electron chi connectivity index (χ0n) is 8.11. The second-order valence-corrected chi connectivity index (χ2v) is 3.83. The molecule has 4 heteroatoms. The molecule has 15 heavy (non-hydrogen) atoms. The molecular weight excluding hydrogens is 197 g/mol. The van der Waals surface area contributed by atoms with Crippen molar-refractivity contribution in [3.63, 3.8) is 0 Å². The molecule has 2 rings (SSSR count). The lowest BCUT2D eigenvalue weighted by atomic mass is 9.79. The van der Waals surface area contributed by atoms with Gasteiger partial charge in [0.05, 0.1) is 5.92 Å². The Morgan fingerprint density at radius 2 is 2.27 bits per heavy atom. The molecular formula is C11H12FNO2. The number of hydrogen-bond donors (Lipinski definition) is 2. The third kappa shape index (κ3) is 1.61. The summed E-state index contributed by atoms with van der Waals surface area (Å²) in [4.78, 5) is 11.0. The molecule has 3 nitrogen and oxygen atoms in total. The van der Waals surface area contributed by atoms with Gasteiger partial charge in [-0.3, -0.25) is 4.79 Å². The monoisotopic (exact) mass is 209 g/mol. The molecule has 0 amide bonds. The van der Waals surface area contributed by atoms with Crippen LogP contribution in [0.3, 0.4) is 0 Å². The summed E-state index contributed by atoms with van der Waals surface area (Å²) >= 11 is 0. The van der Waals surface area contributed by atoms with Crippen LogP contribution in [0.25, 0.3) is 0 Å². The molecule has 2 atom stereocenters. The smallest absolute Gasteiger partial charge is 0.312 e. The quantitative estimate of drug-likeness (QED) is 0.732. The van der Waals surface area contributed by atoms with E-state index in [4.69, 9.17) is 10.8 Å². The van der Waals surface area contributed by atoms with E-state index in [1.54, 1.807) is 12.1 Å². The highest BCUT2D eigenvalue weighted by atomic mass is 19.1. The summed E-state index contributed by atoms with van der Waals surface area (Å²) in [5.74, 6) is -2.42. The number of aliphatic carboxylic acids is 1. The fourth-order valence-electron chi connectivity index (χ4n) is 2.16. The third-order valence-electron chi connectivity index (χ3n) is 2.90. The van der Waals surface area contributed by atoms with Crippen LogP contribution in [-0.2, 0) is 11.2 Å². The number of halogens is 1. The number of rotatable bonds is 1. The first-order valence-corrected chi connectivity index (χ1v) is 4.87. The highest BCUT2D eigenvalue weighted by molar-refractivity contribution is 5.78. The molecule has 1 aromatic rings. The number of carboxylic acids is 1. The van der Waals surface area contributed by atoms with Crippen molar-refractivity contribution in [1.82, 2.24) is 0 Å². The van der Waals surface area contributed by atoms with Gasteiger partial charge in [-0.15, -0.1) is 0 Å². The number of nitrogens with two attached hydrogens (primary N) is 1. The number of carboxylic acid groups (broad SMARTS) is 1. The Balaban J connectivity index is 2.55. The lowest BCUT2D eigenvalue weighted by molar-refractivity contribution is -0.139. The minimum absolute atomic E-state index is 0.267. The second-order valence-electron chi connectivity index (χ2n) is 3.83. The number of fused-ring (bicyclic) bond motifs is 1. The average molecular weight is 209 g/mol. The topological polar surface area (TPSA) is 63.3 Å². The van der Waals surface area contributed by atoms with Gasteiger partial charge in [0.2, 0.25) is 0 Å². The van der Waals surface area contributed by atoms with E-state index in [9.17, 15) is 9.18 Å². The first-order valence-electron chi connectivity index (χ1n) is 4.87. The van der Waals surface area contributed by atoms with E-state index in [2.05, 4.69) is 0 Å². The molecule has 0 saturated carbocycles. The van der Waals surface area contributed by atoms with Gasteiger partial charge in [-0.2, -0.15) is 0 Å². The van der Waals surface area contributed by atoms with Crippen molar-refractivity contribution < 1.29 is 14.3 Å². The van der Waals surface area contributed by atoms with Gasteiger partial charge in [0.15, 0.2) is 0 Å². The average Bonchev–Trinajstić information content (AvgIpc) is 2.18. The molecule has 0 heterocycles. The Labute approximate surface area is 86.7 Å². The Bertz CT molecular complexity index is 406. The fraction of sp³-hybridized carbons (Fsp3) is 0.364. The van der Waals surface area contributed by atoms with Crippen LogP contribution in [0.4, 0.5) is 4.39 Å². The summed E-state index contributed by atoms with van der Waals surface area (Å²) in [6.07, 6.45) is 1.24. The Morgan fingerprint density at radius 3 is 2.93 bits per heavy atom. The molecule has 3 N–H and O–H groups in total. The standard InChI is InChI=1S/C11H12FNO2/c12-7-3-1-2-6-4-5-8(13)10(9(6)7)11(14)15/h1-3,8,10H,4-5,13H2,(H,14,15). The van der Waals surface area contributed by atoms with Crippen LogP contribution in [-0.4, -0.2) is 17.1 Å². The van der Waals surface area contributed by atoms with Gasteiger partial charge in [-0.25, -0.2) is 4.39 Å². The van der Waals surface area contributed by atoms with Gasteiger partial charge in [-0.05, 0) is 24.5 Å². The van der Waals surface area contributed by atoms with E-state index in [0.717, 1.165) is 5.56 Å². The summed E-state index contributed by atoms with van der Waals surface area (Å²) in [6.45, 7) is 0. The maximum absolute atomic E-state index is 13.5.